The van der Waals surface area contributed by atoms with Crippen LogP contribution in [0.3, 0.4) is 0 Å². The van der Waals surface area contributed by atoms with Crippen molar-refractivity contribution in [3.05, 3.63) is 34.9 Å². The molecule has 0 fully saturated rings. The van der Waals surface area contributed by atoms with Gasteiger partial charge in [0.2, 0.25) is 0 Å². The Morgan fingerprint density at radius 2 is 2.06 bits per heavy atom. The van der Waals surface area contributed by atoms with Crippen molar-refractivity contribution >= 4 is 5.97 Å². The Balaban J connectivity index is 3.25. The van der Waals surface area contributed by atoms with Gasteiger partial charge in [0.15, 0.2) is 6.10 Å². The predicted molar refractivity (Wildman–Crippen MR) is 54.7 cm³/mol. The molecule has 5 heteroatoms. The maximum atomic E-state index is 10.9. The molecule has 0 aromatic heterocycles. The predicted octanol–water partition coefficient (Wildman–Crippen LogP) is 0.611. The molecule has 0 aliphatic rings. The van der Waals surface area contributed by atoms with Crippen LogP contribution in [0.15, 0.2) is 18.2 Å². The third-order valence-electron chi connectivity index (χ3n) is 2.19. The summed E-state index contributed by atoms with van der Waals surface area (Å²) < 4.78 is 0. The second-order valence-corrected chi connectivity index (χ2v) is 3.41. The normalized spacial score (nSPS) is 13.9. The van der Waals surface area contributed by atoms with Crippen molar-refractivity contribution in [2.75, 3.05) is 0 Å². The lowest BCUT2D eigenvalue weighted by Crippen LogP contribution is -2.19. The van der Waals surface area contributed by atoms with E-state index in [-0.39, 0.29) is 11.1 Å². The van der Waals surface area contributed by atoms with Crippen molar-refractivity contribution in [1.82, 2.24) is 0 Å². The highest BCUT2D eigenvalue weighted by molar-refractivity contribution is 5.89. The molecule has 0 radical (unpaired) electrons. The summed E-state index contributed by atoms with van der Waals surface area (Å²) in [6.07, 6.45) is -3.16. The van der Waals surface area contributed by atoms with E-state index < -0.39 is 18.2 Å². The fourth-order valence-corrected chi connectivity index (χ4v) is 1.36. The average molecular weight is 221 g/mol. The zero-order valence-electron chi connectivity index (χ0n) is 8.58. The van der Waals surface area contributed by atoms with Gasteiger partial charge in [0.05, 0.1) is 11.6 Å². The molecule has 1 aromatic rings. The fraction of sp³-hybridized carbons (Fsp3) is 0.273. The molecule has 1 rings (SSSR count). The number of carboxylic acid groups (broad SMARTS) is 1. The first-order valence-corrected chi connectivity index (χ1v) is 4.57. The average Bonchev–Trinajstić information content (AvgIpc) is 2.26. The Morgan fingerprint density at radius 1 is 1.44 bits per heavy atom. The Hall–Kier alpha value is -1.90. The number of aliphatic hydroxyl groups is 2. The second kappa shape index (κ2) is 4.75. The number of carboxylic acids is 1. The SMILES string of the molecule is Cc1ccc(C(=O)O)c(C(O)C(O)C#N)c1. The van der Waals surface area contributed by atoms with E-state index in [1.54, 1.807) is 13.0 Å². The summed E-state index contributed by atoms with van der Waals surface area (Å²) in [5.74, 6) is -1.21. The van der Waals surface area contributed by atoms with Gasteiger partial charge in [0.25, 0.3) is 0 Å². The van der Waals surface area contributed by atoms with Gasteiger partial charge in [-0.05, 0) is 18.6 Å². The second-order valence-electron chi connectivity index (χ2n) is 3.41. The summed E-state index contributed by atoms with van der Waals surface area (Å²) in [5, 5.41) is 36.1. The van der Waals surface area contributed by atoms with Gasteiger partial charge in [-0.2, -0.15) is 5.26 Å². The minimum Gasteiger partial charge on any atom is -0.478 e. The summed E-state index contributed by atoms with van der Waals surface area (Å²) in [7, 11) is 0. The standard InChI is InChI=1S/C11H11NO4/c1-6-2-3-7(11(15)16)8(4-6)10(14)9(13)5-12/h2-4,9-10,13-14H,1H3,(H,15,16). The Labute approximate surface area is 92.2 Å². The molecule has 1 aromatic carbocycles. The van der Waals surface area contributed by atoms with Crippen molar-refractivity contribution < 1.29 is 20.1 Å². The number of hydrogen-bond acceptors (Lipinski definition) is 4. The number of nitrogens with zero attached hydrogens (tertiary/aromatic N) is 1. The molecule has 0 aliphatic heterocycles. The molecule has 5 nitrogen and oxygen atoms in total. The van der Waals surface area contributed by atoms with Crippen LogP contribution < -0.4 is 0 Å². The van der Waals surface area contributed by atoms with Gasteiger partial charge < -0.3 is 15.3 Å². The zero-order chi connectivity index (χ0) is 12.3. The number of rotatable bonds is 3. The van der Waals surface area contributed by atoms with E-state index in [4.69, 9.17) is 10.4 Å². The smallest absolute Gasteiger partial charge is 0.336 e. The van der Waals surface area contributed by atoms with Crippen molar-refractivity contribution in [2.24, 2.45) is 0 Å². The number of nitriles is 1. The Bertz CT molecular complexity index is 450. The lowest BCUT2D eigenvalue weighted by molar-refractivity contribution is 0.0498. The summed E-state index contributed by atoms with van der Waals surface area (Å²) in [6.45, 7) is 1.72. The Kier molecular flexibility index (Phi) is 3.61. The van der Waals surface area contributed by atoms with E-state index in [2.05, 4.69) is 0 Å². The van der Waals surface area contributed by atoms with E-state index in [9.17, 15) is 15.0 Å². The minimum atomic E-state index is -1.64. The number of aromatic carboxylic acids is 1. The molecule has 84 valence electrons. The monoisotopic (exact) mass is 221 g/mol. The van der Waals surface area contributed by atoms with Crippen LogP contribution in [0.1, 0.15) is 27.6 Å². The van der Waals surface area contributed by atoms with Crippen LogP contribution in [0.2, 0.25) is 0 Å². The molecular formula is C11H11NO4. The maximum absolute atomic E-state index is 10.9. The van der Waals surface area contributed by atoms with Crippen molar-refractivity contribution in [3.63, 3.8) is 0 Å². The van der Waals surface area contributed by atoms with Gasteiger partial charge in [0.1, 0.15) is 6.10 Å². The summed E-state index contributed by atoms with van der Waals surface area (Å²) in [4.78, 5) is 10.9. The molecule has 2 unspecified atom stereocenters. The Morgan fingerprint density at radius 3 is 2.56 bits per heavy atom. The molecule has 0 amide bonds. The maximum Gasteiger partial charge on any atom is 0.336 e. The molecule has 0 saturated carbocycles. The lowest BCUT2D eigenvalue weighted by atomic mass is 9.97. The molecule has 16 heavy (non-hydrogen) atoms. The third kappa shape index (κ3) is 2.37. The van der Waals surface area contributed by atoms with Crippen molar-refractivity contribution in [1.29, 1.82) is 5.26 Å². The highest BCUT2D eigenvalue weighted by atomic mass is 16.4. The molecule has 0 bridgehead atoms. The van der Waals surface area contributed by atoms with Crippen LogP contribution in [-0.2, 0) is 0 Å². The lowest BCUT2D eigenvalue weighted by Gasteiger charge is -2.15. The van der Waals surface area contributed by atoms with Crippen LogP contribution in [0.25, 0.3) is 0 Å². The van der Waals surface area contributed by atoms with Gasteiger partial charge in [-0.15, -0.1) is 0 Å². The first-order chi connectivity index (χ1) is 7.47. The minimum absolute atomic E-state index is 0.0431. The largest absolute Gasteiger partial charge is 0.478 e. The van der Waals surface area contributed by atoms with E-state index in [1.807, 2.05) is 0 Å². The molecule has 0 saturated heterocycles. The summed E-state index contributed by atoms with van der Waals surface area (Å²) in [5.41, 5.74) is 0.665. The van der Waals surface area contributed by atoms with Gasteiger partial charge in [0, 0.05) is 0 Å². The van der Waals surface area contributed by atoms with E-state index in [1.165, 1.54) is 18.2 Å². The van der Waals surface area contributed by atoms with Gasteiger partial charge in [-0.25, -0.2) is 4.79 Å². The summed E-state index contributed by atoms with van der Waals surface area (Å²) in [6, 6.07) is 5.82. The quantitative estimate of drug-likeness (QED) is 0.649. The topological polar surface area (TPSA) is 102 Å². The zero-order valence-corrected chi connectivity index (χ0v) is 8.58. The highest BCUT2D eigenvalue weighted by Gasteiger charge is 2.23. The van der Waals surface area contributed by atoms with Crippen LogP contribution in [0, 0.1) is 18.3 Å². The van der Waals surface area contributed by atoms with Crippen molar-refractivity contribution in [2.45, 2.75) is 19.1 Å². The van der Waals surface area contributed by atoms with Gasteiger partial charge in [-0.1, -0.05) is 17.7 Å². The molecule has 3 N–H and O–H groups in total. The van der Waals surface area contributed by atoms with E-state index in [0.717, 1.165) is 5.56 Å². The first-order valence-electron chi connectivity index (χ1n) is 4.57. The van der Waals surface area contributed by atoms with Crippen LogP contribution in [0.4, 0.5) is 0 Å². The summed E-state index contributed by atoms with van der Waals surface area (Å²) >= 11 is 0. The fourth-order valence-electron chi connectivity index (χ4n) is 1.36. The third-order valence-corrected chi connectivity index (χ3v) is 2.19. The molecule has 0 aliphatic carbocycles. The first kappa shape index (κ1) is 12.2. The number of benzene rings is 1. The van der Waals surface area contributed by atoms with Crippen LogP contribution >= 0.6 is 0 Å². The molecule has 0 heterocycles. The highest BCUT2D eigenvalue weighted by Crippen LogP contribution is 2.22. The number of carbonyl (C=O) groups is 1. The van der Waals surface area contributed by atoms with Crippen molar-refractivity contribution in [3.8, 4) is 6.07 Å². The molecule has 2 atom stereocenters. The number of hydrogen-bond donors (Lipinski definition) is 3. The number of aliphatic hydroxyl groups excluding tert-OH is 2. The van der Waals surface area contributed by atoms with Crippen LogP contribution in [0.5, 0.6) is 0 Å². The van der Waals surface area contributed by atoms with Crippen LogP contribution in [-0.4, -0.2) is 27.4 Å². The molecule has 0 spiro atoms. The van der Waals surface area contributed by atoms with Gasteiger partial charge >= 0.3 is 5.97 Å². The number of aryl methyl sites for hydroxylation is 1. The van der Waals surface area contributed by atoms with E-state index >= 15 is 0 Å². The molecular weight excluding hydrogens is 210 g/mol. The van der Waals surface area contributed by atoms with Gasteiger partial charge in [-0.3, -0.25) is 0 Å². The van der Waals surface area contributed by atoms with E-state index in [0.29, 0.717) is 0 Å².